The molecule has 1 aromatic carbocycles. The Bertz CT molecular complexity index is 526. The summed E-state index contributed by atoms with van der Waals surface area (Å²) < 4.78 is 15.9. The summed E-state index contributed by atoms with van der Waals surface area (Å²) in [6.07, 6.45) is 0.0296. The van der Waals surface area contributed by atoms with Gasteiger partial charge < -0.3 is 19.2 Å². The van der Waals surface area contributed by atoms with Crippen molar-refractivity contribution < 1.29 is 13.9 Å². The largest absolute Gasteiger partial charge is 0.444 e. The van der Waals surface area contributed by atoms with Gasteiger partial charge in [-0.05, 0) is 17.7 Å². The average molecular weight is 284 g/mol. The van der Waals surface area contributed by atoms with Gasteiger partial charge in [0.1, 0.15) is 5.58 Å². The van der Waals surface area contributed by atoms with E-state index in [2.05, 4.69) is 5.32 Å². The quantitative estimate of drug-likeness (QED) is 0.849. The van der Waals surface area contributed by atoms with E-state index in [-0.39, 0.29) is 6.10 Å². The molecule has 0 saturated heterocycles. The van der Waals surface area contributed by atoms with Crippen LogP contribution in [-0.4, -0.2) is 33.5 Å². The maximum atomic E-state index is 6.12. The molecular formula is C14H18ClNO3. The van der Waals surface area contributed by atoms with E-state index >= 15 is 0 Å². The summed E-state index contributed by atoms with van der Waals surface area (Å²) in [5.41, 5.74) is 1.79. The summed E-state index contributed by atoms with van der Waals surface area (Å²) in [7, 11) is 3.33. The molecule has 0 aliphatic carbocycles. The Hall–Kier alpha value is -1.07. The van der Waals surface area contributed by atoms with Crippen molar-refractivity contribution in [2.45, 2.75) is 12.6 Å². The van der Waals surface area contributed by atoms with Crippen molar-refractivity contribution in [1.82, 2.24) is 5.32 Å². The van der Waals surface area contributed by atoms with Crippen molar-refractivity contribution in [3.8, 4) is 0 Å². The van der Waals surface area contributed by atoms with E-state index in [0.29, 0.717) is 24.9 Å². The van der Waals surface area contributed by atoms with Crippen LogP contribution in [0.25, 0.3) is 11.0 Å². The molecule has 1 N–H and O–H groups in total. The molecule has 0 aliphatic heterocycles. The zero-order chi connectivity index (χ0) is 13.7. The molecule has 0 aliphatic rings. The Kier molecular flexibility index (Phi) is 5.22. The minimum absolute atomic E-state index is 0.0296. The van der Waals surface area contributed by atoms with Gasteiger partial charge in [-0.1, -0.05) is 18.2 Å². The number of methoxy groups -OCH3 is 2. The van der Waals surface area contributed by atoms with Crippen LogP contribution in [0.1, 0.15) is 5.56 Å². The molecule has 19 heavy (non-hydrogen) atoms. The van der Waals surface area contributed by atoms with Crippen LogP contribution in [-0.2, 0) is 16.0 Å². The molecule has 0 spiro atoms. The summed E-state index contributed by atoms with van der Waals surface area (Å²) in [6, 6.07) is 7.82. The fourth-order valence-corrected chi connectivity index (χ4v) is 2.24. The second kappa shape index (κ2) is 6.91. The number of nitrogens with one attached hydrogen (secondary N) is 1. The van der Waals surface area contributed by atoms with Crippen molar-refractivity contribution in [2.75, 3.05) is 27.4 Å². The molecule has 0 fully saturated rings. The number of ether oxygens (including phenoxy) is 2. The van der Waals surface area contributed by atoms with Crippen molar-refractivity contribution in [1.29, 1.82) is 0 Å². The lowest BCUT2D eigenvalue weighted by Gasteiger charge is -2.14. The zero-order valence-corrected chi connectivity index (χ0v) is 11.9. The normalized spacial score (nSPS) is 13.0. The highest BCUT2D eigenvalue weighted by Crippen LogP contribution is 2.29. The predicted molar refractivity (Wildman–Crippen MR) is 75.6 cm³/mol. The van der Waals surface area contributed by atoms with Crippen LogP contribution in [0, 0.1) is 0 Å². The van der Waals surface area contributed by atoms with Crippen LogP contribution in [0.2, 0.25) is 5.22 Å². The van der Waals surface area contributed by atoms with E-state index in [9.17, 15) is 0 Å². The summed E-state index contributed by atoms with van der Waals surface area (Å²) >= 11 is 6.12. The topological polar surface area (TPSA) is 43.6 Å². The number of fused-ring (bicyclic) bond motifs is 1. The van der Waals surface area contributed by atoms with E-state index in [1.54, 1.807) is 14.2 Å². The van der Waals surface area contributed by atoms with E-state index in [0.717, 1.165) is 16.5 Å². The minimum atomic E-state index is 0.0296. The standard InChI is InChI=1S/C14H18ClNO3/c1-17-9-10(18-2)7-16-8-12-11-5-3-4-6-13(11)19-14(12)15/h3-6,10,16H,7-9H2,1-2H3. The van der Waals surface area contributed by atoms with Gasteiger partial charge in [-0.25, -0.2) is 0 Å². The number of hydrogen-bond acceptors (Lipinski definition) is 4. The molecule has 0 saturated carbocycles. The number of para-hydroxylation sites is 1. The summed E-state index contributed by atoms with van der Waals surface area (Å²) in [4.78, 5) is 0. The van der Waals surface area contributed by atoms with Gasteiger partial charge in [-0.3, -0.25) is 0 Å². The Morgan fingerprint density at radius 3 is 2.84 bits per heavy atom. The molecule has 5 heteroatoms. The van der Waals surface area contributed by atoms with E-state index in [1.165, 1.54) is 0 Å². The first-order valence-electron chi connectivity index (χ1n) is 6.14. The molecule has 1 heterocycles. The lowest BCUT2D eigenvalue weighted by Crippen LogP contribution is -2.31. The van der Waals surface area contributed by atoms with E-state index in [1.807, 2.05) is 24.3 Å². The maximum absolute atomic E-state index is 6.12. The third kappa shape index (κ3) is 3.48. The Labute approximate surface area is 117 Å². The number of rotatable bonds is 7. The third-order valence-electron chi connectivity index (χ3n) is 3.01. The van der Waals surface area contributed by atoms with Crippen molar-refractivity contribution in [2.24, 2.45) is 0 Å². The van der Waals surface area contributed by atoms with E-state index < -0.39 is 0 Å². The van der Waals surface area contributed by atoms with Crippen LogP contribution in [0.5, 0.6) is 0 Å². The van der Waals surface area contributed by atoms with Gasteiger partial charge in [0.2, 0.25) is 0 Å². The highest BCUT2D eigenvalue weighted by molar-refractivity contribution is 6.30. The molecule has 0 radical (unpaired) electrons. The van der Waals surface area contributed by atoms with Crippen molar-refractivity contribution in [3.05, 3.63) is 35.0 Å². The minimum Gasteiger partial charge on any atom is -0.444 e. The van der Waals surface area contributed by atoms with E-state index in [4.69, 9.17) is 25.5 Å². The third-order valence-corrected chi connectivity index (χ3v) is 3.31. The number of halogens is 1. The molecule has 1 atom stereocenters. The SMILES string of the molecule is COCC(CNCc1c(Cl)oc2ccccc12)OC. The molecule has 4 nitrogen and oxygen atoms in total. The first-order valence-corrected chi connectivity index (χ1v) is 6.52. The second-order valence-corrected chi connectivity index (χ2v) is 4.64. The average Bonchev–Trinajstić information content (AvgIpc) is 2.74. The zero-order valence-electron chi connectivity index (χ0n) is 11.1. The number of hydrogen-bond donors (Lipinski definition) is 1. The lowest BCUT2D eigenvalue weighted by molar-refractivity contribution is 0.0288. The van der Waals surface area contributed by atoms with Gasteiger partial charge in [0.15, 0.2) is 5.22 Å². The molecule has 1 aromatic heterocycles. The van der Waals surface area contributed by atoms with Gasteiger partial charge in [0.05, 0.1) is 12.7 Å². The monoisotopic (exact) mass is 283 g/mol. The summed E-state index contributed by atoms with van der Waals surface area (Å²) in [5, 5.41) is 4.79. The van der Waals surface area contributed by atoms with Crippen LogP contribution in [0.15, 0.2) is 28.7 Å². The highest BCUT2D eigenvalue weighted by atomic mass is 35.5. The summed E-state index contributed by atoms with van der Waals surface area (Å²) in [5.74, 6) is 0. The van der Waals surface area contributed by atoms with Crippen LogP contribution in [0.3, 0.4) is 0 Å². The molecule has 104 valence electrons. The molecule has 1 unspecified atom stereocenters. The van der Waals surface area contributed by atoms with Gasteiger partial charge in [0, 0.05) is 38.3 Å². The molecule has 0 bridgehead atoms. The van der Waals surface area contributed by atoms with Crippen molar-refractivity contribution >= 4 is 22.6 Å². The highest BCUT2D eigenvalue weighted by Gasteiger charge is 2.12. The van der Waals surface area contributed by atoms with Gasteiger partial charge in [0.25, 0.3) is 0 Å². The smallest absolute Gasteiger partial charge is 0.199 e. The first-order chi connectivity index (χ1) is 9.26. The molecule has 2 aromatic rings. The van der Waals surface area contributed by atoms with Gasteiger partial charge in [-0.2, -0.15) is 0 Å². The number of furan rings is 1. The lowest BCUT2D eigenvalue weighted by atomic mass is 10.2. The Balaban J connectivity index is 1.99. The molecule has 0 amide bonds. The summed E-state index contributed by atoms with van der Waals surface area (Å²) in [6.45, 7) is 1.89. The fraction of sp³-hybridized carbons (Fsp3) is 0.429. The molecular weight excluding hydrogens is 266 g/mol. The fourth-order valence-electron chi connectivity index (χ4n) is 1.99. The first kappa shape index (κ1) is 14.3. The maximum Gasteiger partial charge on any atom is 0.199 e. The second-order valence-electron chi connectivity index (χ2n) is 4.29. The van der Waals surface area contributed by atoms with Crippen LogP contribution in [0.4, 0.5) is 0 Å². The van der Waals surface area contributed by atoms with Crippen LogP contribution >= 0.6 is 11.6 Å². The van der Waals surface area contributed by atoms with Crippen LogP contribution < -0.4 is 5.32 Å². The van der Waals surface area contributed by atoms with Crippen molar-refractivity contribution in [3.63, 3.8) is 0 Å². The van der Waals surface area contributed by atoms with Gasteiger partial charge >= 0.3 is 0 Å². The predicted octanol–water partition coefficient (Wildman–Crippen LogP) is 2.84. The Morgan fingerprint density at radius 1 is 1.32 bits per heavy atom. The molecule has 2 rings (SSSR count). The van der Waals surface area contributed by atoms with Gasteiger partial charge in [-0.15, -0.1) is 0 Å². The Morgan fingerprint density at radius 2 is 2.11 bits per heavy atom. The number of benzene rings is 1.